The van der Waals surface area contributed by atoms with Crippen LogP contribution in [0, 0.1) is 12.3 Å². The number of methoxy groups -OCH3 is 1. The molecule has 2 aromatic rings. The molecule has 0 atom stereocenters. The molecule has 0 bridgehead atoms. The molecule has 0 saturated heterocycles. The SMILES string of the molecule is C#CCNc1cc(C(=O)O)cc(S(=O)(=O)C(C)C)n1.COC(=O)c1cc(Cl)nc(S(=O)(=O)C(C)C)c1. The van der Waals surface area contributed by atoms with Crippen molar-refractivity contribution >= 4 is 49.0 Å². The number of carboxylic acid groups (broad SMARTS) is 1. The number of nitrogens with one attached hydrogen (secondary N) is 1. The molecule has 2 rings (SSSR count). The van der Waals surface area contributed by atoms with E-state index in [1.54, 1.807) is 0 Å². The minimum absolute atomic E-state index is 0.0618. The van der Waals surface area contributed by atoms with Crippen molar-refractivity contribution in [2.24, 2.45) is 0 Å². The number of hydrogen-bond acceptors (Lipinski definition) is 10. The fourth-order valence-electron chi connectivity index (χ4n) is 2.34. The van der Waals surface area contributed by atoms with Gasteiger partial charge in [0, 0.05) is 0 Å². The van der Waals surface area contributed by atoms with Crippen molar-refractivity contribution in [3.05, 3.63) is 40.5 Å². The number of ether oxygens (including phenoxy) is 1. The van der Waals surface area contributed by atoms with Gasteiger partial charge in [-0.1, -0.05) is 17.5 Å². The summed E-state index contributed by atoms with van der Waals surface area (Å²) in [4.78, 5) is 29.9. The van der Waals surface area contributed by atoms with Crippen LogP contribution in [0.1, 0.15) is 48.4 Å². The summed E-state index contributed by atoms with van der Waals surface area (Å²) >= 11 is 5.68. The van der Waals surface area contributed by atoms with E-state index < -0.39 is 42.1 Å². The summed E-state index contributed by atoms with van der Waals surface area (Å²) in [5.74, 6) is 0.532. The standard InChI is InChI=1S/C12H14N2O4S.C10H12ClNO4S/c1-4-5-13-10-6-9(12(15)16)7-11(14-10)19(17,18)8(2)3;1-6(2)17(14,15)9-5-7(10(13)16-3)4-8(11)12-9/h1,6-8H,5H2,2-3H3,(H,13,14)(H,15,16);4-6H,1-3H3. The van der Waals surface area contributed by atoms with Crippen LogP contribution in [0.3, 0.4) is 0 Å². The van der Waals surface area contributed by atoms with E-state index in [-0.39, 0.29) is 38.7 Å². The number of terminal acetylenes is 1. The zero-order chi connectivity index (χ0) is 27.8. The molecule has 0 radical (unpaired) electrons. The second-order valence-corrected chi connectivity index (χ2v) is 12.9. The molecule has 0 saturated carbocycles. The molecule has 2 heterocycles. The van der Waals surface area contributed by atoms with Crippen molar-refractivity contribution in [2.75, 3.05) is 19.0 Å². The fraction of sp³-hybridized carbons (Fsp3) is 0.364. The number of nitrogens with zero attached hydrogens (tertiary/aromatic N) is 2. The van der Waals surface area contributed by atoms with Gasteiger partial charge in [0.25, 0.3) is 0 Å². The molecule has 2 aromatic heterocycles. The predicted octanol–water partition coefficient (Wildman–Crippen LogP) is 2.71. The lowest BCUT2D eigenvalue weighted by Gasteiger charge is -2.10. The number of carbonyl (C=O) groups excluding carboxylic acids is 1. The lowest BCUT2D eigenvalue weighted by Crippen LogP contribution is -2.17. The highest BCUT2D eigenvalue weighted by molar-refractivity contribution is 7.92. The molecule has 0 aliphatic carbocycles. The number of anilines is 1. The van der Waals surface area contributed by atoms with Gasteiger partial charge in [0.05, 0.1) is 35.3 Å². The van der Waals surface area contributed by atoms with Gasteiger partial charge in [0.15, 0.2) is 29.7 Å². The maximum atomic E-state index is 12.0. The van der Waals surface area contributed by atoms with Gasteiger partial charge in [-0.2, -0.15) is 0 Å². The molecule has 2 N–H and O–H groups in total. The van der Waals surface area contributed by atoms with Crippen LogP contribution < -0.4 is 5.32 Å². The summed E-state index contributed by atoms with van der Waals surface area (Å²) < 4.78 is 52.3. The van der Waals surface area contributed by atoms with E-state index in [1.165, 1.54) is 46.9 Å². The van der Waals surface area contributed by atoms with Crippen LogP contribution in [0.5, 0.6) is 0 Å². The average Bonchev–Trinajstić information content (AvgIpc) is 2.81. The van der Waals surface area contributed by atoms with E-state index in [2.05, 4.69) is 25.9 Å². The molecule has 0 aromatic carbocycles. The van der Waals surface area contributed by atoms with E-state index in [4.69, 9.17) is 23.1 Å². The van der Waals surface area contributed by atoms with Crippen molar-refractivity contribution in [2.45, 2.75) is 48.2 Å². The number of carbonyl (C=O) groups is 2. The van der Waals surface area contributed by atoms with E-state index in [9.17, 15) is 26.4 Å². The zero-order valence-electron chi connectivity index (χ0n) is 20.1. The number of halogens is 1. The van der Waals surface area contributed by atoms with Crippen molar-refractivity contribution < 1.29 is 36.3 Å². The topological polar surface area (TPSA) is 170 Å². The monoisotopic (exact) mass is 559 g/mol. The zero-order valence-corrected chi connectivity index (χ0v) is 22.5. The first-order chi connectivity index (χ1) is 16.6. The third kappa shape index (κ3) is 7.91. The normalized spacial score (nSPS) is 11.3. The summed E-state index contributed by atoms with van der Waals surface area (Å²) in [6.45, 7) is 6.17. The van der Waals surface area contributed by atoms with Crippen LogP contribution in [0.25, 0.3) is 0 Å². The van der Waals surface area contributed by atoms with Gasteiger partial charge in [0.2, 0.25) is 0 Å². The molecular weight excluding hydrogens is 534 g/mol. The van der Waals surface area contributed by atoms with Gasteiger partial charge in [-0.3, -0.25) is 0 Å². The van der Waals surface area contributed by atoms with Crippen LogP contribution in [0.2, 0.25) is 5.15 Å². The molecule has 0 aliphatic rings. The Balaban J connectivity index is 0.000000362. The molecule has 0 spiro atoms. The van der Waals surface area contributed by atoms with E-state index in [0.29, 0.717) is 0 Å². The Hall–Kier alpha value is -3.21. The number of aromatic nitrogens is 2. The van der Waals surface area contributed by atoms with Crippen LogP contribution in [-0.4, -0.2) is 68.0 Å². The summed E-state index contributed by atoms with van der Waals surface area (Å²) in [5.41, 5.74) is -0.0968. The second-order valence-electron chi connectivity index (χ2n) is 7.64. The molecular formula is C22H26ClN3O8S2. The predicted molar refractivity (Wildman–Crippen MR) is 134 cm³/mol. The van der Waals surface area contributed by atoms with E-state index in [0.717, 1.165) is 12.1 Å². The highest BCUT2D eigenvalue weighted by atomic mass is 35.5. The molecule has 0 amide bonds. The van der Waals surface area contributed by atoms with Crippen molar-refractivity contribution in [3.63, 3.8) is 0 Å². The van der Waals surface area contributed by atoms with Crippen LogP contribution in [0.4, 0.5) is 5.82 Å². The first-order valence-electron chi connectivity index (χ1n) is 10.2. The lowest BCUT2D eigenvalue weighted by molar-refractivity contribution is 0.0599. The van der Waals surface area contributed by atoms with E-state index in [1.807, 2.05) is 0 Å². The summed E-state index contributed by atoms with van der Waals surface area (Å²) in [6, 6.07) is 4.69. The van der Waals surface area contributed by atoms with Crippen LogP contribution in [0.15, 0.2) is 34.3 Å². The maximum Gasteiger partial charge on any atom is 0.338 e. The third-order valence-corrected chi connectivity index (χ3v) is 8.70. The Morgan fingerprint density at radius 3 is 1.94 bits per heavy atom. The smallest absolute Gasteiger partial charge is 0.338 e. The van der Waals surface area contributed by atoms with E-state index >= 15 is 0 Å². The number of esters is 1. The molecule has 196 valence electrons. The van der Waals surface area contributed by atoms with Crippen LogP contribution >= 0.6 is 11.6 Å². The van der Waals surface area contributed by atoms with Crippen molar-refractivity contribution in [3.8, 4) is 12.3 Å². The number of hydrogen-bond donors (Lipinski definition) is 2. The number of rotatable bonds is 8. The lowest BCUT2D eigenvalue weighted by atomic mass is 10.2. The summed E-state index contributed by atoms with van der Waals surface area (Å²) in [7, 11) is -6.01. The first-order valence-corrected chi connectivity index (χ1v) is 13.7. The van der Waals surface area contributed by atoms with Gasteiger partial charge in [0.1, 0.15) is 11.0 Å². The summed E-state index contributed by atoms with van der Waals surface area (Å²) in [6.07, 6.45) is 5.07. The highest BCUT2D eigenvalue weighted by Gasteiger charge is 2.24. The van der Waals surface area contributed by atoms with Crippen LogP contribution in [-0.2, 0) is 24.4 Å². The Bertz CT molecular complexity index is 1380. The van der Waals surface area contributed by atoms with Gasteiger partial charge >= 0.3 is 11.9 Å². The van der Waals surface area contributed by atoms with Gasteiger partial charge in [-0.05, 0) is 52.0 Å². The molecule has 0 unspecified atom stereocenters. The number of carboxylic acids is 1. The van der Waals surface area contributed by atoms with Gasteiger partial charge in [-0.25, -0.2) is 36.4 Å². The number of pyridine rings is 2. The maximum absolute atomic E-state index is 12.0. The average molecular weight is 560 g/mol. The Kier molecular flexibility index (Phi) is 10.8. The number of sulfone groups is 2. The summed E-state index contributed by atoms with van der Waals surface area (Å²) in [5, 5.41) is 9.75. The quantitative estimate of drug-likeness (QED) is 0.277. The van der Waals surface area contributed by atoms with Crippen molar-refractivity contribution in [1.29, 1.82) is 0 Å². The first kappa shape index (κ1) is 30.8. The van der Waals surface area contributed by atoms with Gasteiger partial charge in [-0.15, -0.1) is 6.42 Å². The molecule has 0 fully saturated rings. The minimum Gasteiger partial charge on any atom is -0.478 e. The minimum atomic E-state index is -3.65. The third-order valence-electron chi connectivity index (χ3n) is 4.44. The van der Waals surface area contributed by atoms with Crippen molar-refractivity contribution in [1.82, 2.24) is 9.97 Å². The Morgan fingerprint density at radius 2 is 1.50 bits per heavy atom. The second kappa shape index (κ2) is 12.7. The molecule has 36 heavy (non-hydrogen) atoms. The molecule has 14 heteroatoms. The number of aromatic carboxylic acids is 1. The molecule has 11 nitrogen and oxygen atoms in total. The van der Waals surface area contributed by atoms with Gasteiger partial charge < -0.3 is 15.2 Å². The fourth-order valence-corrected chi connectivity index (χ4v) is 4.60. The highest BCUT2D eigenvalue weighted by Crippen LogP contribution is 2.20. The Morgan fingerprint density at radius 1 is 1.00 bits per heavy atom. The Labute approximate surface area is 215 Å². The largest absolute Gasteiger partial charge is 0.478 e. The molecule has 0 aliphatic heterocycles.